The topological polar surface area (TPSA) is 96.3 Å². The number of Topliss-reactive ketones (excluding diaryl/α,β-unsaturated/α-hetero) is 1. The number of carbonyl (C=O) groups is 2. The quantitative estimate of drug-likeness (QED) is 0.322. The molecule has 1 saturated heterocycles. The first-order valence-electron chi connectivity index (χ1n) is 9.94. The first-order valence-corrected chi connectivity index (χ1v) is 10.3. The maximum Gasteiger partial charge on any atom is 0.300 e. The van der Waals surface area contributed by atoms with Crippen molar-refractivity contribution in [3.8, 4) is 17.2 Å². The molecule has 0 aliphatic carbocycles. The summed E-state index contributed by atoms with van der Waals surface area (Å²) in [5, 5.41) is 22.0. The Kier molecular flexibility index (Phi) is 5.98. The minimum Gasteiger partial charge on any atom is -0.507 e. The number of ether oxygens (including phenoxy) is 2. The molecule has 0 aromatic heterocycles. The van der Waals surface area contributed by atoms with Crippen LogP contribution >= 0.6 is 11.6 Å². The van der Waals surface area contributed by atoms with Crippen molar-refractivity contribution in [1.29, 1.82) is 0 Å². The molecule has 33 heavy (non-hydrogen) atoms. The maximum atomic E-state index is 13.2. The van der Waals surface area contributed by atoms with Crippen molar-refractivity contribution in [2.75, 3.05) is 19.1 Å². The molecule has 2 N–H and O–H groups in total. The van der Waals surface area contributed by atoms with Gasteiger partial charge in [0, 0.05) is 5.56 Å². The van der Waals surface area contributed by atoms with Crippen molar-refractivity contribution in [3.63, 3.8) is 0 Å². The van der Waals surface area contributed by atoms with Gasteiger partial charge in [0.05, 0.1) is 36.5 Å². The van der Waals surface area contributed by atoms with E-state index >= 15 is 0 Å². The third-order valence-electron chi connectivity index (χ3n) is 5.42. The Morgan fingerprint density at radius 3 is 2.42 bits per heavy atom. The molecule has 8 heteroatoms. The lowest BCUT2D eigenvalue weighted by Crippen LogP contribution is -2.29. The molecule has 1 atom stereocenters. The van der Waals surface area contributed by atoms with Crippen LogP contribution in [0.15, 0.2) is 72.3 Å². The van der Waals surface area contributed by atoms with E-state index in [-0.39, 0.29) is 22.6 Å². The molecule has 1 heterocycles. The SMILES string of the molecule is COc1cccc(C2/C(=C(/O)c3ccc(Cl)c(OC)c3)C(=O)C(=O)N2c2ccccc2O)c1. The summed E-state index contributed by atoms with van der Waals surface area (Å²) >= 11 is 6.10. The van der Waals surface area contributed by atoms with Gasteiger partial charge in [0.1, 0.15) is 23.0 Å². The van der Waals surface area contributed by atoms with Crippen LogP contribution in [0.3, 0.4) is 0 Å². The summed E-state index contributed by atoms with van der Waals surface area (Å²) in [6.07, 6.45) is 0. The number of methoxy groups -OCH3 is 2. The van der Waals surface area contributed by atoms with Crippen LogP contribution in [0.25, 0.3) is 5.76 Å². The first-order chi connectivity index (χ1) is 15.9. The second kappa shape index (κ2) is 8.88. The number of ketones is 1. The average molecular weight is 466 g/mol. The number of carbonyl (C=O) groups excluding carboxylic acids is 2. The Hall–Kier alpha value is -3.97. The third-order valence-corrected chi connectivity index (χ3v) is 5.73. The van der Waals surface area contributed by atoms with Gasteiger partial charge in [-0.25, -0.2) is 0 Å². The smallest absolute Gasteiger partial charge is 0.300 e. The molecule has 0 bridgehead atoms. The van der Waals surface area contributed by atoms with Gasteiger partial charge in [-0.15, -0.1) is 0 Å². The van der Waals surface area contributed by atoms with Crippen molar-refractivity contribution >= 4 is 34.7 Å². The molecule has 1 aliphatic rings. The Morgan fingerprint density at radius 2 is 1.73 bits per heavy atom. The zero-order chi connectivity index (χ0) is 23.7. The summed E-state index contributed by atoms with van der Waals surface area (Å²) in [6, 6.07) is 16.5. The second-order valence-electron chi connectivity index (χ2n) is 7.28. The summed E-state index contributed by atoms with van der Waals surface area (Å²) in [6.45, 7) is 0. The number of benzene rings is 3. The highest BCUT2D eigenvalue weighted by Gasteiger charge is 2.47. The Labute approximate surface area is 195 Å². The minimum absolute atomic E-state index is 0.138. The van der Waals surface area contributed by atoms with Gasteiger partial charge in [-0.05, 0) is 48.0 Å². The summed E-state index contributed by atoms with van der Waals surface area (Å²) < 4.78 is 10.5. The standard InChI is InChI=1S/C25H20ClNO6/c1-32-16-7-5-6-14(12-16)22-21(23(29)15-10-11-17(26)20(13-15)33-2)24(30)25(31)27(22)18-8-3-4-9-19(18)28/h3-13,22,28-29H,1-2H3/b23-21-. The van der Waals surface area contributed by atoms with Crippen molar-refractivity contribution < 1.29 is 29.3 Å². The fourth-order valence-electron chi connectivity index (χ4n) is 3.84. The van der Waals surface area contributed by atoms with Crippen LogP contribution in [-0.2, 0) is 9.59 Å². The lowest BCUT2D eigenvalue weighted by Gasteiger charge is -2.26. The van der Waals surface area contributed by atoms with Crippen LogP contribution in [0.5, 0.6) is 17.2 Å². The molecule has 0 saturated carbocycles. The van der Waals surface area contributed by atoms with Gasteiger partial charge in [0.15, 0.2) is 0 Å². The molecule has 3 aromatic rings. The molecule has 1 amide bonds. The van der Waals surface area contributed by atoms with Crippen molar-refractivity contribution in [1.82, 2.24) is 0 Å². The molecular weight excluding hydrogens is 446 g/mol. The zero-order valence-corrected chi connectivity index (χ0v) is 18.5. The maximum absolute atomic E-state index is 13.2. The number of anilines is 1. The molecular formula is C25H20ClNO6. The van der Waals surface area contributed by atoms with Crippen LogP contribution in [-0.4, -0.2) is 36.1 Å². The summed E-state index contributed by atoms with van der Waals surface area (Å²) in [5.74, 6) is -1.55. The fraction of sp³-hybridized carbons (Fsp3) is 0.120. The normalized spacial score (nSPS) is 17.3. The monoisotopic (exact) mass is 465 g/mol. The molecule has 0 radical (unpaired) electrons. The molecule has 4 rings (SSSR count). The van der Waals surface area contributed by atoms with Crippen LogP contribution in [0.2, 0.25) is 5.02 Å². The molecule has 3 aromatic carbocycles. The number of aromatic hydroxyl groups is 1. The largest absolute Gasteiger partial charge is 0.507 e. The Balaban J connectivity index is 1.98. The van der Waals surface area contributed by atoms with Crippen LogP contribution < -0.4 is 14.4 Å². The Bertz CT molecular complexity index is 1290. The van der Waals surface area contributed by atoms with E-state index in [1.54, 1.807) is 36.4 Å². The van der Waals surface area contributed by atoms with E-state index < -0.39 is 23.5 Å². The van der Waals surface area contributed by atoms with Crippen LogP contribution in [0.1, 0.15) is 17.2 Å². The van der Waals surface area contributed by atoms with Gasteiger partial charge >= 0.3 is 0 Å². The predicted molar refractivity (Wildman–Crippen MR) is 124 cm³/mol. The Morgan fingerprint density at radius 1 is 0.970 bits per heavy atom. The molecule has 1 fully saturated rings. The van der Waals surface area contributed by atoms with E-state index in [0.717, 1.165) is 0 Å². The lowest BCUT2D eigenvalue weighted by molar-refractivity contribution is -0.132. The number of hydrogen-bond acceptors (Lipinski definition) is 6. The highest BCUT2D eigenvalue weighted by Crippen LogP contribution is 2.45. The molecule has 7 nitrogen and oxygen atoms in total. The van der Waals surface area contributed by atoms with E-state index in [2.05, 4.69) is 0 Å². The molecule has 0 spiro atoms. The number of phenolic OH excluding ortho intramolecular Hbond substituents is 1. The van der Waals surface area contributed by atoms with Crippen LogP contribution in [0, 0.1) is 0 Å². The number of para-hydroxylation sites is 2. The van der Waals surface area contributed by atoms with Crippen molar-refractivity contribution in [2.24, 2.45) is 0 Å². The van der Waals surface area contributed by atoms with Gasteiger partial charge < -0.3 is 19.7 Å². The highest BCUT2D eigenvalue weighted by molar-refractivity contribution is 6.52. The van der Waals surface area contributed by atoms with Crippen molar-refractivity contribution in [2.45, 2.75) is 6.04 Å². The summed E-state index contributed by atoms with van der Waals surface area (Å²) in [7, 11) is 2.93. The number of halogens is 1. The number of aliphatic hydroxyl groups is 1. The van der Waals surface area contributed by atoms with E-state index in [0.29, 0.717) is 22.1 Å². The number of nitrogens with zero attached hydrogens (tertiary/aromatic N) is 1. The van der Waals surface area contributed by atoms with Crippen molar-refractivity contribution in [3.05, 3.63) is 88.5 Å². The van der Waals surface area contributed by atoms with Gasteiger partial charge in [-0.2, -0.15) is 0 Å². The van der Waals surface area contributed by atoms with E-state index in [1.165, 1.54) is 49.5 Å². The summed E-state index contributed by atoms with van der Waals surface area (Å²) in [4.78, 5) is 27.5. The lowest BCUT2D eigenvalue weighted by atomic mass is 9.95. The van der Waals surface area contributed by atoms with Gasteiger partial charge in [-0.1, -0.05) is 35.9 Å². The molecule has 1 aliphatic heterocycles. The molecule has 168 valence electrons. The van der Waals surface area contributed by atoms with Gasteiger partial charge in [0.25, 0.3) is 11.7 Å². The zero-order valence-electron chi connectivity index (χ0n) is 17.8. The third kappa shape index (κ3) is 3.87. The number of hydrogen-bond donors (Lipinski definition) is 2. The van der Waals surface area contributed by atoms with Gasteiger partial charge in [0.2, 0.25) is 0 Å². The highest BCUT2D eigenvalue weighted by atomic mass is 35.5. The minimum atomic E-state index is -1.02. The number of amides is 1. The summed E-state index contributed by atoms with van der Waals surface area (Å²) in [5.41, 5.74) is 0.764. The van der Waals surface area contributed by atoms with E-state index in [4.69, 9.17) is 21.1 Å². The number of aliphatic hydroxyl groups excluding tert-OH is 1. The van der Waals surface area contributed by atoms with Crippen LogP contribution in [0.4, 0.5) is 5.69 Å². The number of rotatable bonds is 5. The second-order valence-corrected chi connectivity index (χ2v) is 7.69. The predicted octanol–water partition coefficient (Wildman–Crippen LogP) is 4.69. The first kappa shape index (κ1) is 22.2. The van der Waals surface area contributed by atoms with E-state index in [9.17, 15) is 19.8 Å². The average Bonchev–Trinajstić information content (AvgIpc) is 3.09. The fourth-order valence-corrected chi connectivity index (χ4v) is 4.03. The van der Waals surface area contributed by atoms with E-state index in [1.807, 2.05) is 0 Å². The number of phenols is 1. The molecule has 1 unspecified atom stereocenters. The van der Waals surface area contributed by atoms with Gasteiger partial charge in [-0.3, -0.25) is 14.5 Å².